The van der Waals surface area contributed by atoms with E-state index in [-0.39, 0.29) is 11.8 Å². The highest BCUT2D eigenvalue weighted by molar-refractivity contribution is 5.28. The second-order valence-electron chi connectivity index (χ2n) is 5.68. The molecule has 5 unspecified atom stereocenters. The van der Waals surface area contributed by atoms with Crippen LogP contribution in [-0.4, -0.2) is 32.1 Å². The van der Waals surface area contributed by atoms with Crippen molar-refractivity contribution in [3.8, 4) is 0 Å². The van der Waals surface area contributed by atoms with Crippen LogP contribution >= 0.6 is 0 Å². The van der Waals surface area contributed by atoms with Crippen LogP contribution in [0.1, 0.15) is 39.0 Å². The molecule has 0 saturated heterocycles. The lowest BCUT2D eigenvalue weighted by Crippen LogP contribution is -2.74. The van der Waals surface area contributed by atoms with Crippen molar-refractivity contribution >= 4 is 0 Å². The van der Waals surface area contributed by atoms with Crippen LogP contribution < -0.4 is 0 Å². The Morgan fingerprint density at radius 3 is 2.36 bits per heavy atom. The van der Waals surface area contributed by atoms with Gasteiger partial charge in [0.05, 0.1) is 16.8 Å². The molecule has 3 saturated carbocycles. The van der Waals surface area contributed by atoms with Gasteiger partial charge in [0.25, 0.3) is 0 Å². The van der Waals surface area contributed by atoms with Crippen LogP contribution in [0, 0.1) is 11.8 Å². The first kappa shape index (κ1) is 9.13. The third kappa shape index (κ3) is 0.698. The molecule has 80 valence electrons. The van der Waals surface area contributed by atoms with Crippen molar-refractivity contribution in [2.24, 2.45) is 11.8 Å². The second kappa shape index (κ2) is 2.18. The van der Waals surface area contributed by atoms with Crippen molar-refractivity contribution in [3.05, 3.63) is 0 Å². The fraction of sp³-hybridized carbons (Fsp3) is 1.00. The van der Waals surface area contributed by atoms with Crippen molar-refractivity contribution < 1.29 is 15.3 Å². The van der Waals surface area contributed by atoms with E-state index in [4.69, 9.17) is 0 Å². The molecule has 0 bridgehead atoms. The van der Waals surface area contributed by atoms with E-state index in [0.29, 0.717) is 19.3 Å². The molecule has 0 aromatic heterocycles. The van der Waals surface area contributed by atoms with Crippen molar-refractivity contribution in [1.82, 2.24) is 0 Å². The average molecular weight is 198 g/mol. The lowest BCUT2D eigenvalue weighted by molar-refractivity contribution is -0.303. The molecule has 0 amide bonds. The maximum atomic E-state index is 10.4. The first-order valence-electron chi connectivity index (χ1n) is 5.59. The molecular weight excluding hydrogens is 180 g/mol. The van der Waals surface area contributed by atoms with E-state index in [1.807, 2.05) is 0 Å². The summed E-state index contributed by atoms with van der Waals surface area (Å²) in [6, 6.07) is 0. The van der Waals surface area contributed by atoms with Crippen LogP contribution in [0.5, 0.6) is 0 Å². The summed E-state index contributed by atoms with van der Waals surface area (Å²) in [5.74, 6) is 0.0347. The lowest BCUT2D eigenvalue weighted by atomic mass is 9.50. The van der Waals surface area contributed by atoms with Gasteiger partial charge in [-0.2, -0.15) is 0 Å². The summed E-state index contributed by atoms with van der Waals surface area (Å²) < 4.78 is 0. The van der Waals surface area contributed by atoms with Gasteiger partial charge in [-0.3, -0.25) is 0 Å². The average Bonchev–Trinajstić information content (AvgIpc) is 2.49. The minimum atomic E-state index is -0.988. The van der Waals surface area contributed by atoms with Crippen molar-refractivity contribution in [1.29, 1.82) is 0 Å². The molecule has 3 nitrogen and oxygen atoms in total. The molecule has 0 aliphatic heterocycles. The van der Waals surface area contributed by atoms with Crippen molar-refractivity contribution in [2.75, 3.05) is 0 Å². The molecule has 3 N–H and O–H groups in total. The maximum absolute atomic E-state index is 10.4. The first-order chi connectivity index (χ1) is 6.42. The molecule has 3 aliphatic rings. The molecular formula is C11H18O3. The van der Waals surface area contributed by atoms with Gasteiger partial charge in [-0.05, 0) is 44.9 Å². The van der Waals surface area contributed by atoms with E-state index in [9.17, 15) is 15.3 Å². The summed E-state index contributed by atoms with van der Waals surface area (Å²) in [6.07, 6.45) is 3.82. The summed E-state index contributed by atoms with van der Waals surface area (Å²) in [4.78, 5) is 0. The summed E-state index contributed by atoms with van der Waals surface area (Å²) in [6.45, 7) is 1.80. The van der Waals surface area contributed by atoms with Crippen LogP contribution in [0.2, 0.25) is 0 Å². The minimum Gasteiger partial charge on any atom is -0.390 e. The lowest BCUT2D eigenvalue weighted by Gasteiger charge is -2.61. The number of hydrogen-bond donors (Lipinski definition) is 3. The molecule has 3 aliphatic carbocycles. The van der Waals surface area contributed by atoms with Crippen LogP contribution in [0.4, 0.5) is 0 Å². The van der Waals surface area contributed by atoms with Gasteiger partial charge in [-0.25, -0.2) is 0 Å². The fourth-order valence-corrected chi connectivity index (χ4v) is 4.46. The number of hydrogen-bond acceptors (Lipinski definition) is 3. The Morgan fingerprint density at radius 2 is 1.64 bits per heavy atom. The Morgan fingerprint density at radius 1 is 1.00 bits per heavy atom. The van der Waals surface area contributed by atoms with E-state index in [1.54, 1.807) is 6.92 Å². The Bertz CT molecular complexity index is 288. The first-order valence-corrected chi connectivity index (χ1v) is 5.59. The largest absolute Gasteiger partial charge is 0.390 e. The molecule has 3 rings (SSSR count). The van der Waals surface area contributed by atoms with Crippen LogP contribution in [0.3, 0.4) is 0 Å². The highest BCUT2D eigenvalue weighted by atomic mass is 16.4. The Kier molecular flexibility index (Phi) is 1.42. The Hall–Kier alpha value is -0.120. The zero-order valence-electron chi connectivity index (χ0n) is 8.53. The number of aliphatic hydroxyl groups is 3. The van der Waals surface area contributed by atoms with Crippen LogP contribution in [0.25, 0.3) is 0 Å². The summed E-state index contributed by atoms with van der Waals surface area (Å²) in [5, 5.41) is 30.9. The quantitative estimate of drug-likeness (QED) is 0.529. The molecule has 0 heterocycles. The number of rotatable bonds is 0. The third-order valence-electron chi connectivity index (χ3n) is 5.03. The molecule has 0 radical (unpaired) electrons. The van der Waals surface area contributed by atoms with Gasteiger partial charge in [0, 0.05) is 5.92 Å². The van der Waals surface area contributed by atoms with Gasteiger partial charge < -0.3 is 15.3 Å². The third-order valence-corrected chi connectivity index (χ3v) is 5.03. The predicted molar refractivity (Wildman–Crippen MR) is 50.6 cm³/mol. The SMILES string of the molecule is CC1(O)CCC2C1C1(O)CCCC21O. The molecule has 0 aromatic carbocycles. The standard InChI is InChI=1S/C11H18O3/c1-9(12)6-3-7-8(9)11(14)5-2-4-10(7,11)13/h7-8,12-14H,2-6H2,1H3. The molecule has 5 atom stereocenters. The molecule has 0 aromatic rings. The summed E-state index contributed by atoms with van der Waals surface area (Å²) in [5.41, 5.74) is -2.63. The zero-order chi connectivity index (χ0) is 10.2. The topological polar surface area (TPSA) is 60.7 Å². The van der Waals surface area contributed by atoms with Crippen LogP contribution in [-0.2, 0) is 0 Å². The monoisotopic (exact) mass is 198 g/mol. The van der Waals surface area contributed by atoms with Gasteiger partial charge in [0.2, 0.25) is 0 Å². The second-order valence-corrected chi connectivity index (χ2v) is 5.68. The van der Waals surface area contributed by atoms with Gasteiger partial charge in [0.15, 0.2) is 0 Å². The van der Waals surface area contributed by atoms with Crippen molar-refractivity contribution in [2.45, 2.75) is 55.8 Å². The van der Waals surface area contributed by atoms with Gasteiger partial charge in [0.1, 0.15) is 0 Å². The smallest absolute Gasteiger partial charge is 0.0995 e. The summed E-state index contributed by atoms with van der Waals surface area (Å²) in [7, 11) is 0. The van der Waals surface area contributed by atoms with Crippen LogP contribution in [0.15, 0.2) is 0 Å². The van der Waals surface area contributed by atoms with Gasteiger partial charge >= 0.3 is 0 Å². The molecule has 3 fully saturated rings. The molecule has 14 heavy (non-hydrogen) atoms. The van der Waals surface area contributed by atoms with E-state index < -0.39 is 16.8 Å². The predicted octanol–water partition coefficient (Wildman–Crippen LogP) is 0.423. The molecule has 3 heteroatoms. The van der Waals surface area contributed by atoms with E-state index in [1.165, 1.54) is 0 Å². The molecule has 0 spiro atoms. The normalized spacial score (nSPS) is 66.0. The van der Waals surface area contributed by atoms with E-state index in [0.717, 1.165) is 12.8 Å². The van der Waals surface area contributed by atoms with Crippen molar-refractivity contribution in [3.63, 3.8) is 0 Å². The minimum absolute atomic E-state index is 0.0949. The van der Waals surface area contributed by atoms with Gasteiger partial charge in [-0.15, -0.1) is 0 Å². The maximum Gasteiger partial charge on any atom is 0.0995 e. The Balaban J connectivity index is 2.02. The van der Waals surface area contributed by atoms with E-state index >= 15 is 0 Å². The highest BCUT2D eigenvalue weighted by Crippen LogP contribution is 2.69. The van der Waals surface area contributed by atoms with E-state index in [2.05, 4.69) is 0 Å². The fourth-order valence-electron chi connectivity index (χ4n) is 4.46. The zero-order valence-corrected chi connectivity index (χ0v) is 8.53. The highest BCUT2D eigenvalue weighted by Gasteiger charge is 2.78. The Labute approximate surface area is 83.8 Å². The summed E-state index contributed by atoms with van der Waals surface area (Å²) >= 11 is 0. The number of fused-ring (bicyclic) bond motifs is 4. The van der Waals surface area contributed by atoms with Gasteiger partial charge in [-0.1, -0.05) is 0 Å².